The molecule has 0 aliphatic rings. The standard InChI is InChI=1S/C10H16N2S2/c11-5-7-13-9-1-2-10(4-3-9)14-8-6-12/h1-4H,5-8,11-12H2. The molecule has 0 heterocycles. The molecule has 4 heteroatoms. The van der Waals surface area contributed by atoms with Gasteiger partial charge in [-0.25, -0.2) is 0 Å². The van der Waals surface area contributed by atoms with E-state index in [0.717, 1.165) is 24.6 Å². The van der Waals surface area contributed by atoms with Crippen molar-refractivity contribution in [2.75, 3.05) is 24.6 Å². The summed E-state index contributed by atoms with van der Waals surface area (Å²) in [7, 11) is 0. The maximum Gasteiger partial charge on any atom is 0.0103 e. The van der Waals surface area contributed by atoms with Gasteiger partial charge in [0.15, 0.2) is 0 Å². The Kier molecular flexibility index (Phi) is 6.10. The van der Waals surface area contributed by atoms with E-state index >= 15 is 0 Å². The van der Waals surface area contributed by atoms with Gasteiger partial charge in [0.2, 0.25) is 0 Å². The van der Waals surface area contributed by atoms with Gasteiger partial charge in [0.25, 0.3) is 0 Å². The van der Waals surface area contributed by atoms with Gasteiger partial charge in [0.05, 0.1) is 0 Å². The first-order chi connectivity index (χ1) is 6.86. The van der Waals surface area contributed by atoms with Gasteiger partial charge >= 0.3 is 0 Å². The Balaban J connectivity index is 2.42. The van der Waals surface area contributed by atoms with Crippen LogP contribution in [-0.2, 0) is 0 Å². The van der Waals surface area contributed by atoms with Crippen LogP contribution in [0.15, 0.2) is 34.1 Å². The van der Waals surface area contributed by atoms with Gasteiger partial charge < -0.3 is 11.5 Å². The number of rotatable bonds is 6. The number of benzene rings is 1. The lowest BCUT2D eigenvalue weighted by molar-refractivity contribution is 1.14. The fourth-order valence-corrected chi connectivity index (χ4v) is 2.35. The molecule has 0 aromatic heterocycles. The minimum absolute atomic E-state index is 0.730. The summed E-state index contributed by atoms with van der Waals surface area (Å²) in [6.45, 7) is 1.46. The maximum absolute atomic E-state index is 5.43. The molecule has 0 fully saturated rings. The van der Waals surface area contributed by atoms with Crippen LogP contribution >= 0.6 is 23.5 Å². The Labute approximate surface area is 93.8 Å². The Morgan fingerprint density at radius 1 is 0.786 bits per heavy atom. The van der Waals surface area contributed by atoms with Crippen molar-refractivity contribution in [3.8, 4) is 0 Å². The topological polar surface area (TPSA) is 52.0 Å². The molecule has 0 amide bonds. The molecule has 0 atom stereocenters. The molecular formula is C10H16N2S2. The van der Waals surface area contributed by atoms with Crippen LogP contribution in [0, 0.1) is 0 Å². The Hall–Kier alpha value is -0.160. The quantitative estimate of drug-likeness (QED) is 0.729. The summed E-state index contributed by atoms with van der Waals surface area (Å²) in [6.07, 6.45) is 0. The van der Waals surface area contributed by atoms with Crippen LogP contribution in [-0.4, -0.2) is 24.6 Å². The van der Waals surface area contributed by atoms with Crippen LogP contribution in [0.25, 0.3) is 0 Å². The van der Waals surface area contributed by atoms with E-state index in [1.165, 1.54) is 9.79 Å². The lowest BCUT2D eigenvalue weighted by Crippen LogP contribution is -2.01. The molecule has 0 aliphatic carbocycles. The average Bonchev–Trinajstić information content (AvgIpc) is 2.25. The summed E-state index contributed by atoms with van der Waals surface area (Å²) < 4.78 is 0. The molecule has 0 aliphatic heterocycles. The Bertz CT molecular complexity index is 222. The van der Waals surface area contributed by atoms with Crippen molar-refractivity contribution in [2.24, 2.45) is 11.5 Å². The first kappa shape index (κ1) is 11.9. The molecule has 1 aromatic carbocycles. The fourth-order valence-electron chi connectivity index (χ4n) is 0.986. The van der Waals surface area contributed by atoms with E-state index in [-0.39, 0.29) is 0 Å². The number of thioether (sulfide) groups is 2. The Morgan fingerprint density at radius 3 is 1.43 bits per heavy atom. The highest BCUT2D eigenvalue weighted by Crippen LogP contribution is 2.22. The van der Waals surface area contributed by atoms with E-state index in [2.05, 4.69) is 24.3 Å². The van der Waals surface area contributed by atoms with Crippen molar-refractivity contribution in [3.63, 3.8) is 0 Å². The minimum atomic E-state index is 0.730. The molecule has 4 N–H and O–H groups in total. The van der Waals surface area contributed by atoms with Crippen molar-refractivity contribution in [1.29, 1.82) is 0 Å². The van der Waals surface area contributed by atoms with Crippen molar-refractivity contribution >= 4 is 23.5 Å². The van der Waals surface area contributed by atoms with E-state index in [1.54, 1.807) is 23.5 Å². The van der Waals surface area contributed by atoms with Gasteiger partial charge in [-0.05, 0) is 24.3 Å². The number of hydrogen-bond donors (Lipinski definition) is 2. The van der Waals surface area contributed by atoms with Crippen LogP contribution < -0.4 is 11.5 Å². The molecule has 0 saturated heterocycles. The van der Waals surface area contributed by atoms with Crippen molar-refractivity contribution < 1.29 is 0 Å². The van der Waals surface area contributed by atoms with E-state index in [1.807, 2.05) is 0 Å². The van der Waals surface area contributed by atoms with Crippen LogP contribution in [0.5, 0.6) is 0 Å². The third-order valence-corrected chi connectivity index (χ3v) is 3.69. The second-order valence-corrected chi connectivity index (χ2v) is 5.08. The molecule has 78 valence electrons. The first-order valence-electron chi connectivity index (χ1n) is 4.62. The highest BCUT2D eigenvalue weighted by Gasteiger charge is 1.95. The summed E-state index contributed by atoms with van der Waals surface area (Å²) in [5, 5.41) is 0. The van der Waals surface area contributed by atoms with Crippen LogP contribution in [0.3, 0.4) is 0 Å². The average molecular weight is 228 g/mol. The number of hydrogen-bond acceptors (Lipinski definition) is 4. The van der Waals surface area contributed by atoms with Crippen molar-refractivity contribution in [1.82, 2.24) is 0 Å². The van der Waals surface area contributed by atoms with Crippen molar-refractivity contribution in [3.05, 3.63) is 24.3 Å². The van der Waals surface area contributed by atoms with Gasteiger partial charge in [0, 0.05) is 34.4 Å². The van der Waals surface area contributed by atoms with Gasteiger partial charge in [0.1, 0.15) is 0 Å². The summed E-state index contributed by atoms with van der Waals surface area (Å²) >= 11 is 3.59. The third-order valence-electron chi connectivity index (χ3n) is 1.60. The summed E-state index contributed by atoms with van der Waals surface area (Å²) in [6, 6.07) is 8.55. The SMILES string of the molecule is NCCSc1ccc(SCCN)cc1. The van der Waals surface area contributed by atoms with Gasteiger partial charge in [-0.3, -0.25) is 0 Å². The van der Waals surface area contributed by atoms with Gasteiger partial charge in [-0.15, -0.1) is 23.5 Å². The predicted molar refractivity (Wildman–Crippen MR) is 66.0 cm³/mol. The third kappa shape index (κ3) is 4.37. The summed E-state index contributed by atoms with van der Waals surface area (Å²) in [5.74, 6) is 1.96. The number of nitrogens with two attached hydrogens (primary N) is 2. The lowest BCUT2D eigenvalue weighted by atomic mass is 10.4. The Morgan fingerprint density at radius 2 is 1.14 bits per heavy atom. The summed E-state index contributed by atoms with van der Waals surface area (Å²) in [5.41, 5.74) is 10.9. The fraction of sp³-hybridized carbons (Fsp3) is 0.400. The molecule has 14 heavy (non-hydrogen) atoms. The molecule has 0 spiro atoms. The predicted octanol–water partition coefficient (Wildman–Crippen LogP) is 1.79. The van der Waals surface area contributed by atoms with Gasteiger partial charge in [-0.2, -0.15) is 0 Å². The zero-order chi connectivity index (χ0) is 10.2. The smallest absolute Gasteiger partial charge is 0.0103 e. The van der Waals surface area contributed by atoms with Crippen LogP contribution in [0.4, 0.5) is 0 Å². The highest BCUT2D eigenvalue weighted by molar-refractivity contribution is 7.99. The van der Waals surface area contributed by atoms with E-state index < -0.39 is 0 Å². The minimum Gasteiger partial charge on any atom is -0.330 e. The monoisotopic (exact) mass is 228 g/mol. The van der Waals surface area contributed by atoms with E-state index in [9.17, 15) is 0 Å². The largest absolute Gasteiger partial charge is 0.330 e. The second-order valence-electron chi connectivity index (χ2n) is 2.75. The van der Waals surface area contributed by atoms with Crippen LogP contribution in [0.1, 0.15) is 0 Å². The molecule has 0 saturated carbocycles. The molecule has 2 nitrogen and oxygen atoms in total. The lowest BCUT2D eigenvalue weighted by Gasteiger charge is -2.02. The molecule has 0 bridgehead atoms. The zero-order valence-electron chi connectivity index (χ0n) is 8.11. The second kappa shape index (κ2) is 7.17. The zero-order valence-corrected chi connectivity index (χ0v) is 9.74. The molecule has 0 radical (unpaired) electrons. The maximum atomic E-state index is 5.43. The molecule has 1 rings (SSSR count). The first-order valence-corrected chi connectivity index (χ1v) is 6.59. The highest BCUT2D eigenvalue weighted by atomic mass is 32.2. The summed E-state index contributed by atoms with van der Waals surface area (Å²) in [4.78, 5) is 2.57. The van der Waals surface area contributed by atoms with Gasteiger partial charge in [-0.1, -0.05) is 0 Å². The van der Waals surface area contributed by atoms with E-state index in [4.69, 9.17) is 11.5 Å². The molecular weight excluding hydrogens is 212 g/mol. The van der Waals surface area contributed by atoms with Crippen molar-refractivity contribution in [2.45, 2.75) is 9.79 Å². The molecule has 0 unspecified atom stereocenters. The van der Waals surface area contributed by atoms with Crippen LogP contribution in [0.2, 0.25) is 0 Å². The normalized spacial score (nSPS) is 10.4. The molecule has 1 aromatic rings. The van der Waals surface area contributed by atoms with E-state index in [0.29, 0.717) is 0 Å².